The molecule has 3 heteroatoms. The highest BCUT2D eigenvalue weighted by molar-refractivity contribution is 7.99. The number of rotatable bonds is 1. The van der Waals surface area contributed by atoms with E-state index in [-0.39, 0.29) is 0 Å². The van der Waals surface area contributed by atoms with Crippen LogP contribution in [-0.4, -0.2) is 46.5 Å². The number of hydrogen-bond donors (Lipinski definition) is 0. The van der Waals surface area contributed by atoms with Crippen molar-refractivity contribution >= 4 is 23.5 Å². The lowest BCUT2D eigenvalue weighted by Crippen LogP contribution is -2.47. The van der Waals surface area contributed by atoms with Gasteiger partial charge in [-0.05, 0) is 19.1 Å². The third-order valence-corrected chi connectivity index (χ3v) is 5.13. The molecule has 0 spiro atoms. The average Bonchev–Trinajstić information content (AvgIpc) is 2.57. The van der Waals surface area contributed by atoms with Crippen molar-refractivity contribution in [2.24, 2.45) is 0 Å². The van der Waals surface area contributed by atoms with E-state index in [2.05, 4.69) is 35.3 Å². The zero-order valence-corrected chi connectivity index (χ0v) is 9.29. The van der Waals surface area contributed by atoms with Gasteiger partial charge in [0.2, 0.25) is 0 Å². The zero-order chi connectivity index (χ0) is 8.39. The molecule has 0 aromatic rings. The van der Waals surface area contributed by atoms with Crippen LogP contribution in [0.4, 0.5) is 0 Å². The van der Waals surface area contributed by atoms with Crippen LogP contribution >= 0.6 is 23.5 Å². The molecule has 0 aromatic heterocycles. The molecule has 12 heavy (non-hydrogen) atoms. The van der Waals surface area contributed by atoms with Crippen molar-refractivity contribution in [2.75, 3.05) is 29.6 Å². The van der Waals surface area contributed by atoms with E-state index in [1.54, 1.807) is 0 Å². The molecule has 2 rings (SSSR count). The maximum Gasteiger partial charge on any atom is 0.0197 e. The van der Waals surface area contributed by atoms with Crippen LogP contribution in [0.25, 0.3) is 0 Å². The molecule has 2 aliphatic heterocycles. The number of thioether (sulfide) groups is 2. The molecule has 2 atom stereocenters. The summed E-state index contributed by atoms with van der Waals surface area (Å²) in [4.78, 5) is 2.73. The lowest BCUT2D eigenvalue weighted by molar-refractivity contribution is 0.176. The normalized spacial score (nSPS) is 38.8. The summed E-state index contributed by atoms with van der Waals surface area (Å²) in [5, 5.41) is 0. The molecule has 0 bridgehead atoms. The molecule has 0 amide bonds. The van der Waals surface area contributed by atoms with Crippen LogP contribution in [0.3, 0.4) is 0 Å². The van der Waals surface area contributed by atoms with Crippen molar-refractivity contribution in [1.29, 1.82) is 0 Å². The molecule has 0 aliphatic carbocycles. The molecule has 2 heterocycles. The zero-order valence-electron chi connectivity index (χ0n) is 7.66. The predicted molar refractivity (Wildman–Crippen MR) is 59.2 cm³/mol. The van der Waals surface area contributed by atoms with Crippen LogP contribution in [0.2, 0.25) is 0 Å². The monoisotopic (exact) mass is 203 g/mol. The average molecular weight is 203 g/mol. The molecule has 2 unspecified atom stereocenters. The molecule has 0 N–H and O–H groups in total. The summed E-state index contributed by atoms with van der Waals surface area (Å²) < 4.78 is 0. The fourth-order valence-electron chi connectivity index (χ4n) is 2.07. The molecule has 2 fully saturated rings. The summed E-state index contributed by atoms with van der Waals surface area (Å²) >= 11 is 4.25. The Bertz CT molecular complexity index is 145. The Morgan fingerprint density at radius 2 is 2.00 bits per heavy atom. The van der Waals surface area contributed by atoms with Gasteiger partial charge in [-0.3, -0.25) is 4.90 Å². The highest BCUT2D eigenvalue weighted by atomic mass is 32.2. The molecule has 1 nitrogen and oxygen atoms in total. The van der Waals surface area contributed by atoms with E-state index >= 15 is 0 Å². The first-order chi connectivity index (χ1) is 5.88. The first-order valence-electron chi connectivity index (χ1n) is 4.79. The Kier molecular flexibility index (Phi) is 3.27. The maximum atomic E-state index is 2.73. The molecule has 70 valence electrons. The van der Waals surface area contributed by atoms with Gasteiger partial charge in [0.1, 0.15) is 0 Å². The minimum Gasteiger partial charge on any atom is -0.295 e. The van der Waals surface area contributed by atoms with E-state index in [1.165, 1.54) is 36.0 Å². The van der Waals surface area contributed by atoms with Crippen molar-refractivity contribution < 1.29 is 0 Å². The minimum absolute atomic E-state index is 0.826. The quantitative estimate of drug-likeness (QED) is 0.641. The second kappa shape index (κ2) is 4.25. The molecule has 0 radical (unpaired) electrons. The van der Waals surface area contributed by atoms with E-state index in [0.717, 1.165) is 12.1 Å². The van der Waals surface area contributed by atoms with Crippen LogP contribution < -0.4 is 0 Å². The fourth-order valence-corrected chi connectivity index (χ4v) is 4.34. The van der Waals surface area contributed by atoms with Crippen molar-refractivity contribution in [3.63, 3.8) is 0 Å². The number of nitrogens with zero attached hydrogens (tertiary/aromatic N) is 1. The maximum absolute atomic E-state index is 2.73. The molecule has 2 aliphatic rings. The Hall–Kier alpha value is 0.660. The van der Waals surface area contributed by atoms with Crippen LogP contribution in [0, 0.1) is 0 Å². The molecular formula is C9H17NS2. The van der Waals surface area contributed by atoms with Gasteiger partial charge in [-0.2, -0.15) is 23.5 Å². The Labute approximate surface area is 83.7 Å². The van der Waals surface area contributed by atoms with E-state index in [1.807, 2.05) is 0 Å². The third-order valence-electron chi connectivity index (χ3n) is 2.79. The second-order valence-electron chi connectivity index (χ2n) is 3.68. The van der Waals surface area contributed by atoms with Gasteiger partial charge in [0.15, 0.2) is 0 Å². The van der Waals surface area contributed by atoms with Gasteiger partial charge in [-0.15, -0.1) is 0 Å². The Balaban J connectivity index is 1.91. The van der Waals surface area contributed by atoms with Gasteiger partial charge < -0.3 is 0 Å². The highest BCUT2D eigenvalue weighted by Gasteiger charge is 2.28. The van der Waals surface area contributed by atoms with Gasteiger partial charge in [-0.1, -0.05) is 0 Å². The Morgan fingerprint density at radius 1 is 1.17 bits per heavy atom. The van der Waals surface area contributed by atoms with Gasteiger partial charge in [-0.25, -0.2) is 0 Å². The van der Waals surface area contributed by atoms with Crippen LogP contribution in [-0.2, 0) is 0 Å². The topological polar surface area (TPSA) is 3.24 Å². The SMILES string of the molecule is CC1CSCCN1C1CCSC1. The van der Waals surface area contributed by atoms with Crippen molar-refractivity contribution in [2.45, 2.75) is 25.4 Å². The summed E-state index contributed by atoms with van der Waals surface area (Å²) in [7, 11) is 0. The molecular weight excluding hydrogens is 186 g/mol. The standard InChI is InChI=1S/C9H17NS2/c1-8-6-12-5-3-10(8)9-2-4-11-7-9/h8-9H,2-7H2,1H3. The second-order valence-corrected chi connectivity index (χ2v) is 5.98. The summed E-state index contributed by atoms with van der Waals surface area (Å²) in [5.74, 6) is 5.47. The van der Waals surface area contributed by atoms with Gasteiger partial charge >= 0.3 is 0 Å². The Morgan fingerprint density at radius 3 is 2.67 bits per heavy atom. The first-order valence-corrected chi connectivity index (χ1v) is 7.10. The minimum atomic E-state index is 0.826. The van der Waals surface area contributed by atoms with Crippen LogP contribution in [0.15, 0.2) is 0 Å². The van der Waals surface area contributed by atoms with E-state index in [0.29, 0.717) is 0 Å². The first kappa shape index (κ1) is 9.22. The molecule has 0 aromatic carbocycles. The smallest absolute Gasteiger partial charge is 0.0197 e. The number of hydrogen-bond acceptors (Lipinski definition) is 3. The van der Waals surface area contributed by atoms with Gasteiger partial charge in [0.05, 0.1) is 0 Å². The van der Waals surface area contributed by atoms with Gasteiger partial charge in [0.25, 0.3) is 0 Å². The van der Waals surface area contributed by atoms with E-state index < -0.39 is 0 Å². The lowest BCUT2D eigenvalue weighted by atomic mass is 10.2. The van der Waals surface area contributed by atoms with Crippen molar-refractivity contribution in [3.8, 4) is 0 Å². The third kappa shape index (κ3) is 1.94. The largest absolute Gasteiger partial charge is 0.295 e. The van der Waals surface area contributed by atoms with Crippen LogP contribution in [0.5, 0.6) is 0 Å². The van der Waals surface area contributed by atoms with Gasteiger partial charge in [0, 0.05) is 35.9 Å². The molecule has 0 saturated carbocycles. The van der Waals surface area contributed by atoms with Crippen molar-refractivity contribution in [3.05, 3.63) is 0 Å². The lowest BCUT2D eigenvalue weighted by Gasteiger charge is -2.37. The summed E-state index contributed by atoms with van der Waals surface area (Å²) in [6.45, 7) is 3.71. The van der Waals surface area contributed by atoms with Crippen LogP contribution in [0.1, 0.15) is 13.3 Å². The molecule has 2 saturated heterocycles. The summed E-state index contributed by atoms with van der Waals surface area (Å²) in [6, 6.07) is 1.73. The van der Waals surface area contributed by atoms with E-state index in [4.69, 9.17) is 0 Å². The predicted octanol–water partition coefficient (Wildman–Crippen LogP) is 1.93. The summed E-state index contributed by atoms with van der Waals surface area (Å²) in [6.07, 6.45) is 1.43. The fraction of sp³-hybridized carbons (Fsp3) is 1.00. The van der Waals surface area contributed by atoms with E-state index in [9.17, 15) is 0 Å². The van der Waals surface area contributed by atoms with Crippen molar-refractivity contribution in [1.82, 2.24) is 4.90 Å². The highest BCUT2D eigenvalue weighted by Crippen LogP contribution is 2.27. The summed E-state index contributed by atoms with van der Waals surface area (Å²) in [5.41, 5.74) is 0.